The summed E-state index contributed by atoms with van der Waals surface area (Å²) in [5.74, 6) is -0.732. The number of aryl methyl sites for hydroxylation is 1. The van der Waals surface area contributed by atoms with Gasteiger partial charge in [-0.3, -0.25) is 9.59 Å². The lowest BCUT2D eigenvalue weighted by Crippen LogP contribution is -2.55. The van der Waals surface area contributed by atoms with Crippen molar-refractivity contribution in [2.45, 2.75) is 31.8 Å². The van der Waals surface area contributed by atoms with E-state index < -0.39 is 28.0 Å². The van der Waals surface area contributed by atoms with Gasteiger partial charge in [0.05, 0.1) is 25.6 Å². The van der Waals surface area contributed by atoms with Gasteiger partial charge in [0.1, 0.15) is 12.1 Å². The van der Waals surface area contributed by atoms with Crippen LogP contribution in [0.2, 0.25) is 0 Å². The van der Waals surface area contributed by atoms with E-state index in [0.717, 1.165) is 5.56 Å². The molecule has 1 aromatic rings. The summed E-state index contributed by atoms with van der Waals surface area (Å²) in [4.78, 5) is 29.2. The van der Waals surface area contributed by atoms with Crippen molar-refractivity contribution in [2.75, 3.05) is 57.5 Å². The van der Waals surface area contributed by atoms with E-state index in [1.807, 2.05) is 6.92 Å². The first kappa shape index (κ1) is 24.4. The summed E-state index contributed by atoms with van der Waals surface area (Å²) in [6.45, 7) is 4.44. The quantitative estimate of drug-likeness (QED) is 0.447. The molecule has 0 bridgehead atoms. The highest BCUT2D eigenvalue weighted by Crippen LogP contribution is 2.19. The van der Waals surface area contributed by atoms with Crippen LogP contribution in [0.25, 0.3) is 0 Å². The van der Waals surface area contributed by atoms with Gasteiger partial charge in [-0.25, -0.2) is 13.1 Å². The number of morpholine rings is 1. The van der Waals surface area contributed by atoms with Crippen LogP contribution in [0, 0.1) is 0 Å². The number of likely N-dealkylation sites (tertiary alicyclic amines) is 1. The molecule has 2 aliphatic heterocycles. The molecule has 2 atom stereocenters. The zero-order valence-corrected chi connectivity index (χ0v) is 19.2. The van der Waals surface area contributed by atoms with Crippen LogP contribution >= 0.6 is 0 Å². The number of hydrogen-bond donors (Lipinski definition) is 2. The number of nitrogens with one attached hydrogen (secondary N) is 1. The predicted octanol–water partition coefficient (Wildman–Crippen LogP) is -0.404. The number of sulfonamides is 1. The van der Waals surface area contributed by atoms with Gasteiger partial charge in [0.25, 0.3) is 0 Å². The number of benzene rings is 1. The standard InChI is InChI=1S/C21H32N4O6S/c1-2-30-15-19(21(27)24-10-12-31-13-11-24)25-9-7-18(20(25)26)23-32(28,29)14-8-16-3-5-17(22)6-4-16/h3-6,18-19,23H,2,7-15,22H2,1H3/t18-,19-/m0/s1. The third kappa shape index (κ3) is 6.41. The number of rotatable bonds is 10. The van der Waals surface area contributed by atoms with Crippen molar-refractivity contribution >= 4 is 27.5 Å². The van der Waals surface area contributed by atoms with Crippen LogP contribution < -0.4 is 10.5 Å². The average molecular weight is 469 g/mol. The maximum absolute atomic E-state index is 13.1. The van der Waals surface area contributed by atoms with Gasteiger partial charge in [-0.2, -0.15) is 0 Å². The number of carbonyl (C=O) groups is 2. The molecule has 10 nitrogen and oxygen atoms in total. The second-order valence-electron chi connectivity index (χ2n) is 7.91. The highest BCUT2D eigenvalue weighted by molar-refractivity contribution is 7.89. The molecule has 3 rings (SSSR count). The summed E-state index contributed by atoms with van der Waals surface area (Å²) in [7, 11) is -3.68. The Morgan fingerprint density at radius 2 is 1.94 bits per heavy atom. The maximum Gasteiger partial charge on any atom is 0.247 e. The molecule has 0 aliphatic carbocycles. The van der Waals surface area contributed by atoms with Crippen LogP contribution in [0.4, 0.5) is 5.69 Å². The summed E-state index contributed by atoms with van der Waals surface area (Å²) in [6.07, 6.45) is 0.613. The van der Waals surface area contributed by atoms with E-state index in [0.29, 0.717) is 51.4 Å². The first-order chi connectivity index (χ1) is 15.3. The largest absolute Gasteiger partial charge is 0.399 e. The third-order valence-corrected chi connectivity index (χ3v) is 7.05. The molecule has 11 heteroatoms. The Kier molecular flexibility index (Phi) is 8.46. The van der Waals surface area contributed by atoms with E-state index in [1.165, 1.54) is 4.90 Å². The van der Waals surface area contributed by atoms with Gasteiger partial charge in [-0.05, 0) is 37.5 Å². The van der Waals surface area contributed by atoms with Crippen LogP contribution in [0.15, 0.2) is 24.3 Å². The van der Waals surface area contributed by atoms with Crippen LogP contribution in [-0.4, -0.2) is 93.9 Å². The molecule has 2 saturated heterocycles. The van der Waals surface area contributed by atoms with Crippen molar-refractivity contribution in [3.63, 3.8) is 0 Å². The normalized spacial score (nSPS) is 20.5. The maximum atomic E-state index is 13.1. The number of nitrogens with zero attached hydrogens (tertiary/aromatic N) is 2. The van der Waals surface area contributed by atoms with Gasteiger partial charge in [0.2, 0.25) is 21.8 Å². The summed E-state index contributed by atoms with van der Waals surface area (Å²) < 4.78 is 38.5. The molecule has 0 spiro atoms. The summed E-state index contributed by atoms with van der Waals surface area (Å²) in [5.41, 5.74) is 7.11. The van der Waals surface area contributed by atoms with Crippen molar-refractivity contribution in [1.82, 2.24) is 14.5 Å². The minimum Gasteiger partial charge on any atom is -0.399 e. The summed E-state index contributed by atoms with van der Waals surface area (Å²) >= 11 is 0. The molecule has 32 heavy (non-hydrogen) atoms. The van der Waals surface area contributed by atoms with Crippen molar-refractivity contribution < 1.29 is 27.5 Å². The molecule has 0 radical (unpaired) electrons. The number of nitrogen functional groups attached to an aromatic ring is 1. The Morgan fingerprint density at radius 1 is 1.25 bits per heavy atom. The molecule has 2 fully saturated rings. The Hall–Kier alpha value is -2.21. The van der Waals surface area contributed by atoms with Gasteiger partial charge in [0, 0.05) is 31.9 Å². The zero-order valence-electron chi connectivity index (χ0n) is 18.4. The first-order valence-electron chi connectivity index (χ1n) is 10.9. The lowest BCUT2D eigenvalue weighted by Gasteiger charge is -2.34. The van der Waals surface area contributed by atoms with Gasteiger partial charge >= 0.3 is 0 Å². The van der Waals surface area contributed by atoms with Gasteiger partial charge < -0.3 is 25.0 Å². The molecule has 2 aliphatic rings. The number of hydrogen-bond acceptors (Lipinski definition) is 7. The topological polar surface area (TPSA) is 131 Å². The zero-order chi connectivity index (χ0) is 23.1. The second-order valence-corrected chi connectivity index (χ2v) is 9.79. The van der Waals surface area contributed by atoms with Crippen LogP contribution in [0.5, 0.6) is 0 Å². The third-order valence-electron chi connectivity index (χ3n) is 5.66. The monoisotopic (exact) mass is 468 g/mol. The molecular weight excluding hydrogens is 436 g/mol. The van der Waals surface area contributed by atoms with Crippen molar-refractivity contribution in [1.29, 1.82) is 0 Å². The fourth-order valence-corrected chi connectivity index (χ4v) is 5.13. The smallest absolute Gasteiger partial charge is 0.247 e. The van der Waals surface area contributed by atoms with Gasteiger partial charge in [-0.15, -0.1) is 0 Å². The second kappa shape index (κ2) is 11.1. The molecule has 0 unspecified atom stereocenters. The molecule has 3 N–H and O–H groups in total. The molecule has 2 amide bonds. The number of ether oxygens (including phenoxy) is 2. The Morgan fingerprint density at radius 3 is 2.59 bits per heavy atom. The first-order valence-corrected chi connectivity index (χ1v) is 12.5. The van der Waals surface area contributed by atoms with Crippen molar-refractivity contribution in [2.24, 2.45) is 0 Å². The van der Waals surface area contributed by atoms with Crippen molar-refractivity contribution in [3.8, 4) is 0 Å². The van der Waals surface area contributed by atoms with Gasteiger partial charge in [-0.1, -0.05) is 12.1 Å². The average Bonchev–Trinajstić information content (AvgIpc) is 3.13. The molecule has 178 valence electrons. The van der Waals surface area contributed by atoms with E-state index in [9.17, 15) is 18.0 Å². The Labute approximate surface area is 189 Å². The Bertz CT molecular complexity index is 886. The summed E-state index contributed by atoms with van der Waals surface area (Å²) in [5, 5.41) is 0. The van der Waals surface area contributed by atoms with Crippen LogP contribution in [-0.2, 0) is 35.5 Å². The lowest BCUT2D eigenvalue weighted by molar-refractivity contribution is -0.149. The van der Waals surface area contributed by atoms with E-state index in [1.54, 1.807) is 29.2 Å². The number of carbonyl (C=O) groups excluding carboxylic acids is 2. The molecular formula is C21H32N4O6S. The number of anilines is 1. The highest BCUT2D eigenvalue weighted by Gasteiger charge is 2.41. The molecule has 2 heterocycles. The molecule has 0 aromatic heterocycles. The lowest BCUT2D eigenvalue weighted by atomic mass is 10.2. The molecule has 0 saturated carbocycles. The minimum absolute atomic E-state index is 0.0784. The fourth-order valence-electron chi connectivity index (χ4n) is 3.85. The van der Waals surface area contributed by atoms with Crippen molar-refractivity contribution in [3.05, 3.63) is 29.8 Å². The fraction of sp³-hybridized carbons (Fsp3) is 0.619. The van der Waals surface area contributed by atoms with E-state index >= 15 is 0 Å². The van der Waals surface area contributed by atoms with Crippen LogP contribution in [0.3, 0.4) is 0 Å². The summed E-state index contributed by atoms with van der Waals surface area (Å²) in [6, 6.07) is 5.35. The number of amides is 2. The SMILES string of the molecule is CCOC[C@@H](C(=O)N1CCOCC1)N1CC[C@H](NS(=O)(=O)CCc2ccc(N)cc2)C1=O. The van der Waals surface area contributed by atoms with E-state index in [-0.39, 0.29) is 24.8 Å². The highest BCUT2D eigenvalue weighted by atomic mass is 32.2. The van der Waals surface area contributed by atoms with E-state index in [4.69, 9.17) is 15.2 Å². The Balaban J connectivity index is 1.61. The van der Waals surface area contributed by atoms with Crippen LogP contribution in [0.1, 0.15) is 18.9 Å². The van der Waals surface area contributed by atoms with Gasteiger partial charge in [0.15, 0.2) is 0 Å². The number of nitrogens with two attached hydrogens (primary N) is 1. The minimum atomic E-state index is -3.68. The molecule has 1 aromatic carbocycles. The van der Waals surface area contributed by atoms with E-state index in [2.05, 4.69) is 4.72 Å². The predicted molar refractivity (Wildman–Crippen MR) is 119 cm³/mol.